The van der Waals surface area contributed by atoms with E-state index in [0.29, 0.717) is 36.1 Å². The molecule has 11 heteroatoms. The van der Waals surface area contributed by atoms with Gasteiger partial charge in [-0.15, -0.1) is 6.58 Å². The number of fused-ring (bicyclic) bond motifs is 1. The molecule has 1 aromatic carbocycles. The molecular formula is C31H39N9O2. The van der Waals surface area contributed by atoms with Gasteiger partial charge in [0, 0.05) is 67.9 Å². The number of piperazine rings is 1. The molecule has 0 spiro atoms. The summed E-state index contributed by atoms with van der Waals surface area (Å²) in [4.78, 5) is 29.1. The van der Waals surface area contributed by atoms with Gasteiger partial charge in [-0.05, 0) is 58.0 Å². The number of pyridine rings is 1. The Morgan fingerprint density at radius 2 is 1.93 bits per heavy atom. The number of aliphatic hydroxyl groups is 1. The molecule has 0 saturated carbocycles. The molecule has 1 fully saturated rings. The molecule has 5 rings (SSSR count). The van der Waals surface area contributed by atoms with Crippen molar-refractivity contribution in [3.8, 4) is 0 Å². The van der Waals surface area contributed by atoms with Crippen LogP contribution in [0.15, 0.2) is 61.4 Å². The number of amides is 1. The van der Waals surface area contributed by atoms with E-state index in [4.69, 9.17) is 0 Å². The standard InChI is InChI=1S/C31H39N9O2/c1-7-12-32-29(41)23-16-33-30(38-28(23)37-27-10-8-9-26(36-27)31(4,5)42)35-21-14-24-22(11-13-39(24)6)25(15-21)40-17-19(2)34-20(3)18-40/h7-11,13-16,19-20,34,42H,1,12,17-18H2,2-6H3,(H,32,41)(H2,33,35,36,37,38)/t19-,20+. The average molecular weight is 570 g/mol. The largest absolute Gasteiger partial charge is 0.384 e. The van der Waals surface area contributed by atoms with Crippen LogP contribution in [0, 0.1) is 0 Å². The molecule has 220 valence electrons. The van der Waals surface area contributed by atoms with Crippen LogP contribution in [-0.4, -0.2) is 62.3 Å². The summed E-state index contributed by atoms with van der Waals surface area (Å²) in [6, 6.07) is 12.4. The number of hydrogen-bond donors (Lipinski definition) is 5. The van der Waals surface area contributed by atoms with E-state index in [0.717, 1.165) is 30.0 Å². The molecule has 4 aromatic rings. The van der Waals surface area contributed by atoms with Crippen LogP contribution >= 0.6 is 0 Å². The summed E-state index contributed by atoms with van der Waals surface area (Å²) in [6.07, 6.45) is 5.15. The fraction of sp³-hybridized carbons (Fsp3) is 0.355. The summed E-state index contributed by atoms with van der Waals surface area (Å²) < 4.78 is 2.10. The van der Waals surface area contributed by atoms with Crippen LogP contribution in [0.4, 0.5) is 29.0 Å². The lowest BCUT2D eigenvalue weighted by atomic mass is 10.1. The van der Waals surface area contributed by atoms with Gasteiger partial charge in [-0.25, -0.2) is 9.97 Å². The van der Waals surface area contributed by atoms with E-state index in [9.17, 15) is 9.90 Å². The second-order valence-electron chi connectivity index (χ2n) is 11.4. The van der Waals surface area contributed by atoms with Crippen molar-refractivity contribution in [3.63, 3.8) is 0 Å². The van der Waals surface area contributed by atoms with E-state index in [-0.39, 0.29) is 17.3 Å². The molecule has 5 N–H and O–H groups in total. The highest BCUT2D eigenvalue weighted by atomic mass is 16.3. The molecule has 0 aliphatic carbocycles. The van der Waals surface area contributed by atoms with Crippen LogP contribution in [-0.2, 0) is 12.6 Å². The number of carbonyl (C=O) groups is 1. The first-order chi connectivity index (χ1) is 20.0. The topological polar surface area (TPSA) is 132 Å². The van der Waals surface area contributed by atoms with E-state index in [1.54, 1.807) is 38.1 Å². The lowest BCUT2D eigenvalue weighted by Crippen LogP contribution is -2.54. The van der Waals surface area contributed by atoms with E-state index in [1.165, 1.54) is 11.6 Å². The Morgan fingerprint density at radius 1 is 1.17 bits per heavy atom. The number of benzene rings is 1. The van der Waals surface area contributed by atoms with Crippen LogP contribution < -0.4 is 26.2 Å². The summed E-state index contributed by atoms with van der Waals surface area (Å²) in [5.41, 5.74) is 2.66. The van der Waals surface area contributed by atoms with Crippen molar-refractivity contribution in [2.24, 2.45) is 7.05 Å². The highest BCUT2D eigenvalue weighted by molar-refractivity contribution is 5.99. The molecule has 2 atom stereocenters. The van der Waals surface area contributed by atoms with Gasteiger partial charge in [0.2, 0.25) is 5.95 Å². The van der Waals surface area contributed by atoms with Gasteiger partial charge in [0.25, 0.3) is 5.91 Å². The molecule has 0 radical (unpaired) electrons. The maximum atomic E-state index is 13.0. The lowest BCUT2D eigenvalue weighted by molar-refractivity contribution is 0.0740. The van der Waals surface area contributed by atoms with E-state index in [1.807, 2.05) is 7.05 Å². The van der Waals surface area contributed by atoms with Gasteiger partial charge in [0.15, 0.2) is 0 Å². The minimum atomic E-state index is -1.13. The first-order valence-corrected chi connectivity index (χ1v) is 14.1. The molecule has 11 nitrogen and oxygen atoms in total. The minimum absolute atomic E-state index is 0.250. The Labute approximate surface area is 246 Å². The molecule has 1 saturated heterocycles. The van der Waals surface area contributed by atoms with Gasteiger partial charge in [0.1, 0.15) is 22.8 Å². The number of aryl methyl sites for hydroxylation is 1. The molecule has 1 aliphatic rings. The zero-order chi connectivity index (χ0) is 30.0. The Balaban J connectivity index is 1.51. The van der Waals surface area contributed by atoms with Crippen molar-refractivity contribution in [2.75, 3.05) is 35.2 Å². The second-order valence-corrected chi connectivity index (χ2v) is 11.4. The predicted molar refractivity (Wildman–Crippen MR) is 168 cm³/mol. The fourth-order valence-electron chi connectivity index (χ4n) is 5.27. The molecule has 0 unspecified atom stereocenters. The maximum Gasteiger partial charge on any atom is 0.256 e. The first-order valence-electron chi connectivity index (χ1n) is 14.1. The number of aromatic nitrogens is 4. The molecule has 3 aromatic heterocycles. The second kappa shape index (κ2) is 11.8. The Hall–Kier alpha value is -4.48. The molecule has 1 amide bonds. The number of rotatable bonds is 9. The van der Waals surface area contributed by atoms with Crippen LogP contribution in [0.3, 0.4) is 0 Å². The van der Waals surface area contributed by atoms with Crippen molar-refractivity contribution >= 4 is 45.8 Å². The van der Waals surface area contributed by atoms with Gasteiger partial charge in [-0.3, -0.25) is 4.79 Å². The highest BCUT2D eigenvalue weighted by Crippen LogP contribution is 2.34. The normalized spacial score (nSPS) is 17.2. The zero-order valence-electron chi connectivity index (χ0n) is 24.8. The third kappa shape index (κ3) is 6.37. The number of nitrogens with zero attached hydrogens (tertiary/aromatic N) is 5. The van der Waals surface area contributed by atoms with Crippen molar-refractivity contribution < 1.29 is 9.90 Å². The summed E-state index contributed by atoms with van der Waals surface area (Å²) in [5, 5.41) is 24.5. The van der Waals surface area contributed by atoms with Crippen molar-refractivity contribution in [3.05, 3.63) is 72.7 Å². The van der Waals surface area contributed by atoms with E-state index >= 15 is 0 Å². The Kier molecular flexibility index (Phi) is 8.15. The summed E-state index contributed by atoms with van der Waals surface area (Å²) in [7, 11) is 2.03. The van der Waals surface area contributed by atoms with Gasteiger partial charge < -0.3 is 35.8 Å². The summed E-state index contributed by atoms with van der Waals surface area (Å²) in [5.74, 6) is 0.681. The molecule has 42 heavy (non-hydrogen) atoms. The van der Waals surface area contributed by atoms with Gasteiger partial charge in [0.05, 0.1) is 11.2 Å². The van der Waals surface area contributed by atoms with E-state index < -0.39 is 5.60 Å². The third-order valence-electron chi connectivity index (χ3n) is 7.20. The van der Waals surface area contributed by atoms with Gasteiger partial charge in [-0.2, -0.15) is 4.98 Å². The van der Waals surface area contributed by atoms with Crippen molar-refractivity contribution in [1.29, 1.82) is 0 Å². The Morgan fingerprint density at radius 3 is 2.64 bits per heavy atom. The molecule has 4 heterocycles. The first kappa shape index (κ1) is 29.0. The van der Waals surface area contributed by atoms with E-state index in [2.05, 4.69) is 90.5 Å². The molecule has 0 bridgehead atoms. The van der Waals surface area contributed by atoms with Gasteiger partial charge in [-0.1, -0.05) is 12.1 Å². The zero-order valence-corrected chi connectivity index (χ0v) is 24.8. The molecule has 1 aliphatic heterocycles. The maximum absolute atomic E-state index is 13.0. The van der Waals surface area contributed by atoms with Crippen LogP contribution in [0.25, 0.3) is 10.9 Å². The fourth-order valence-corrected chi connectivity index (χ4v) is 5.27. The number of anilines is 5. The van der Waals surface area contributed by atoms with Crippen molar-refractivity contribution in [1.82, 2.24) is 30.2 Å². The van der Waals surface area contributed by atoms with Crippen LogP contribution in [0.5, 0.6) is 0 Å². The summed E-state index contributed by atoms with van der Waals surface area (Å²) >= 11 is 0. The number of carbonyl (C=O) groups excluding carboxylic acids is 1. The SMILES string of the molecule is C=CCNC(=O)c1cnc(Nc2cc(N3C[C@@H](C)N[C@@H](C)C3)c3ccn(C)c3c2)nc1Nc1cccc(C(C)(C)O)n1. The predicted octanol–water partition coefficient (Wildman–Crippen LogP) is 4.18. The Bertz CT molecular complexity index is 1600. The lowest BCUT2D eigenvalue weighted by Gasteiger charge is -2.38. The smallest absolute Gasteiger partial charge is 0.256 e. The number of nitrogens with one attached hydrogen (secondary N) is 4. The highest BCUT2D eigenvalue weighted by Gasteiger charge is 2.24. The van der Waals surface area contributed by atoms with Crippen molar-refractivity contribution in [2.45, 2.75) is 45.4 Å². The average Bonchev–Trinajstić information content (AvgIpc) is 3.31. The van der Waals surface area contributed by atoms with Crippen LogP contribution in [0.2, 0.25) is 0 Å². The monoisotopic (exact) mass is 569 g/mol. The minimum Gasteiger partial charge on any atom is -0.384 e. The third-order valence-corrected chi connectivity index (χ3v) is 7.20. The quantitative estimate of drug-likeness (QED) is 0.188. The summed E-state index contributed by atoms with van der Waals surface area (Å²) in [6.45, 7) is 13.5. The van der Waals surface area contributed by atoms with Crippen LogP contribution in [0.1, 0.15) is 43.7 Å². The molecular weight excluding hydrogens is 530 g/mol. The van der Waals surface area contributed by atoms with Gasteiger partial charge >= 0.3 is 0 Å². The number of hydrogen-bond acceptors (Lipinski definition) is 9.